The first-order chi connectivity index (χ1) is 9.74. The SMILES string of the molecule is CCOC(=O)COc1cccc2c1CCCC(CO)C2. The fourth-order valence-electron chi connectivity index (χ4n) is 2.70. The van der Waals surface area contributed by atoms with Gasteiger partial charge in [-0.3, -0.25) is 0 Å². The van der Waals surface area contributed by atoms with Crippen LogP contribution in [0.2, 0.25) is 0 Å². The van der Waals surface area contributed by atoms with Gasteiger partial charge >= 0.3 is 5.97 Å². The van der Waals surface area contributed by atoms with Gasteiger partial charge in [0.25, 0.3) is 0 Å². The molecular formula is C16H22O4. The molecule has 0 saturated carbocycles. The molecule has 0 fully saturated rings. The predicted octanol–water partition coefficient (Wildman–Crippen LogP) is 2.12. The summed E-state index contributed by atoms with van der Waals surface area (Å²) in [5.74, 6) is 0.762. The number of hydrogen-bond donors (Lipinski definition) is 1. The van der Waals surface area contributed by atoms with Crippen LogP contribution in [0.25, 0.3) is 0 Å². The number of ether oxygens (including phenoxy) is 2. The van der Waals surface area contributed by atoms with Crippen molar-refractivity contribution in [2.75, 3.05) is 19.8 Å². The van der Waals surface area contributed by atoms with E-state index in [4.69, 9.17) is 9.47 Å². The number of aliphatic hydroxyl groups excluding tert-OH is 1. The zero-order chi connectivity index (χ0) is 14.4. The standard InChI is InChI=1S/C16H22O4/c1-2-19-16(18)11-20-15-8-4-6-13-9-12(10-17)5-3-7-14(13)15/h4,6,8,12,17H,2-3,5,7,9-11H2,1H3. The summed E-state index contributed by atoms with van der Waals surface area (Å²) >= 11 is 0. The predicted molar refractivity (Wildman–Crippen MR) is 75.8 cm³/mol. The van der Waals surface area contributed by atoms with Gasteiger partial charge in [0.2, 0.25) is 0 Å². The third-order valence-corrected chi connectivity index (χ3v) is 3.69. The molecule has 1 aromatic carbocycles. The first-order valence-corrected chi connectivity index (χ1v) is 7.24. The molecular weight excluding hydrogens is 256 g/mol. The minimum absolute atomic E-state index is 0.0479. The third-order valence-electron chi connectivity index (χ3n) is 3.69. The van der Waals surface area contributed by atoms with Crippen molar-refractivity contribution < 1.29 is 19.4 Å². The summed E-state index contributed by atoms with van der Waals surface area (Å²) in [4.78, 5) is 11.4. The summed E-state index contributed by atoms with van der Waals surface area (Å²) < 4.78 is 10.5. The second-order valence-electron chi connectivity index (χ2n) is 5.13. The quantitative estimate of drug-likeness (QED) is 0.662. The number of hydrogen-bond acceptors (Lipinski definition) is 4. The molecule has 110 valence electrons. The van der Waals surface area contributed by atoms with E-state index >= 15 is 0 Å². The lowest BCUT2D eigenvalue weighted by Crippen LogP contribution is -2.15. The molecule has 20 heavy (non-hydrogen) atoms. The Bertz CT molecular complexity index is 456. The summed E-state index contributed by atoms with van der Waals surface area (Å²) in [6, 6.07) is 5.93. The van der Waals surface area contributed by atoms with Gasteiger partial charge < -0.3 is 14.6 Å². The molecule has 1 aliphatic rings. The number of carbonyl (C=O) groups is 1. The molecule has 1 aromatic rings. The van der Waals surface area contributed by atoms with E-state index in [-0.39, 0.29) is 19.2 Å². The highest BCUT2D eigenvalue weighted by Gasteiger charge is 2.19. The molecule has 0 amide bonds. The molecule has 2 rings (SSSR count). The highest BCUT2D eigenvalue weighted by atomic mass is 16.6. The molecule has 0 heterocycles. The van der Waals surface area contributed by atoms with Crippen LogP contribution in [0.1, 0.15) is 30.9 Å². The van der Waals surface area contributed by atoms with Gasteiger partial charge in [0.15, 0.2) is 6.61 Å². The van der Waals surface area contributed by atoms with Crippen LogP contribution < -0.4 is 4.74 Å². The molecule has 4 nitrogen and oxygen atoms in total. The summed E-state index contributed by atoms with van der Waals surface area (Å²) in [6.07, 6.45) is 3.88. The lowest BCUT2D eigenvalue weighted by Gasteiger charge is -2.14. The van der Waals surface area contributed by atoms with Crippen LogP contribution in [-0.2, 0) is 22.4 Å². The largest absolute Gasteiger partial charge is 0.482 e. The van der Waals surface area contributed by atoms with Gasteiger partial charge in [-0.05, 0) is 55.7 Å². The Morgan fingerprint density at radius 3 is 3.05 bits per heavy atom. The third kappa shape index (κ3) is 3.73. The Morgan fingerprint density at radius 1 is 1.45 bits per heavy atom. The summed E-state index contributed by atoms with van der Waals surface area (Å²) in [5.41, 5.74) is 2.40. The number of fused-ring (bicyclic) bond motifs is 1. The lowest BCUT2D eigenvalue weighted by atomic mass is 9.97. The Kier molecular flexibility index (Phi) is 5.41. The van der Waals surface area contributed by atoms with Gasteiger partial charge in [-0.25, -0.2) is 4.79 Å². The average molecular weight is 278 g/mol. The lowest BCUT2D eigenvalue weighted by molar-refractivity contribution is -0.145. The van der Waals surface area contributed by atoms with E-state index in [0.717, 1.165) is 31.4 Å². The zero-order valence-electron chi connectivity index (χ0n) is 11.9. The Hall–Kier alpha value is -1.55. The summed E-state index contributed by atoms with van der Waals surface area (Å²) in [6.45, 7) is 2.33. The van der Waals surface area contributed by atoms with Crippen molar-refractivity contribution in [3.05, 3.63) is 29.3 Å². The Balaban J connectivity index is 2.09. The fourth-order valence-corrected chi connectivity index (χ4v) is 2.70. The minimum Gasteiger partial charge on any atom is -0.482 e. The van der Waals surface area contributed by atoms with E-state index in [9.17, 15) is 9.90 Å². The van der Waals surface area contributed by atoms with Crippen LogP contribution in [0.3, 0.4) is 0 Å². The van der Waals surface area contributed by atoms with Crippen molar-refractivity contribution in [3.63, 3.8) is 0 Å². The molecule has 0 radical (unpaired) electrons. The highest BCUT2D eigenvalue weighted by molar-refractivity contribution is 5.71. The van der Waals surface area contributed by atoms with Crippen LogP contribution >= 0.6 is 0 Å². The van der Waals surface area contributed by atoms with E-state index < -0.39 is 0 Å². The molecule has 0 bridgehead atoms. The van der Waals surface area contributed by atoms with E-state index in [1.54, 1.807) is 6.92 Å². The molecule has 1 N–H and O–H groups in total. The maximum atomic E-state index is 11.4. The minimum atomic E-state index is -0.341. The number of esters is 1. The second-order valence-corrected chi connectivity index (χ2v) is 5.13. The first kappa shape index (κ1) is 14.9. The molecule has 1 aliphatic carbocycles. The summed E-state index contributed by atoms with van der Waals surface area (Å²) in [7, 11) is 0. The molecule has 1 unspecified atom stereocenters. The van der Waals surface area contributed by atoms with E-state index in [2.05, 4.69) is 6.07 Å². The van der Waals surface area contributed by atoms with Crippen LogP contribution in [-0.4, -0.2) is 30.9 Å². The Morgan fingerprint density at radius 2 is 2.30 bits per heavy atom. The summed E-state index contributed by atoms with van der Waals surface area (Å²) in [5, 5.41) is 9.35. The Labute approximate surface area is 119 Å². The first-order valence-electron chi connectivity index (χ1n) is 7.24. The van der Waals surface area contributed by atoms with Gasteiger partial charge in [0, 0.05) is 6.61 Å². The van der Waals surface area contributed by atoms with Crippen molar-refractivity contribution >= 4 is 5.97 Å². The van der Waals surface area contributed by atoms with Crippen molar-refractivity contribution in [2.45, 2.75) is 32.6 Å². The number of aliphatic hydroxyl groups is 1. The highest BCUT2D eigenvalue weighted by Crippen LogP contribution is 2.31. The molecule has 0 spiro atoms. The van der Waals surface area contributed by atoms with Gasteiger partial charge in [-0.1, -0.05) is 12.1 Å². The number of carbonyl (C=O) groups excluding carboxylic acids is 1. The molecule has 1 atom stereocenters. The maximum Gasteiger partial charge on any atom is 0.344 e. The van der Waals surface area contributed by atoms with E-state index in [0.29, 0.717) is 12.5 Å². The van der Waals surface area contributed by atoms with Gasteiger partial charge in [-0.15, -0.1) is 0 Å². The van der Waals surface area contributed by atoms with E-state index in [1.165, 1.54) is 11.1 Å². The van der Waals surface area contributed by atoms with Crippen LogP contribution in [0.5, 0.6) is 5.75 Å². The van der Waals surface area contributed by atoms with Gasteiger partial charge in [0.1, 0.15) is 5.75 Å². The van der Waals surface area contributed by atoms with Crippen molar-refractivity contribution in [2.24, 2.45) is 5.92 Å². The second kappa shape index (κ2) is 7.29. The molecule has 0 aliphatic heterocycles. The molecule has 0 saturated heterocycles. The maximum absolute atomic E-state index is 11.4. The fraction of sp³-hybridized carbons (Fsp3) is 0.562. The number of rotatable bonds is 5. The van der Waals surface area contributed by atoms with Gasteiger partial charge in [0.05, 0.1) is 6.61 Å². The number of benzene rings is 1. The van der Waals surface area contributed by atoms with E-state index in [1.807, 2.05) is 12.1 Å². The van der Waals surface area contributed by atoms with Crippen molar-refractivity contribution in [1.82, 2.24) is 0 Å². The normalized spacial score (nSPS) is 18.0. The van der Waals surface area contributed by atoms with Crippen molar-refractivity contribution in [3.8, 4) is 5.75 Å². The molecule has 0 aromatic heterocycles. The average Bonchev–Trinajstić information content (AvgIpc) is 2.67. The van der Waals surface area contributed by atoms with Crippen LogP contribution in [0, 0.1) is 5.92 Å². The van der Waals surface area contributed by atoms with Crippen LogP contribution in [0.15, 0.2) is 18.2 Å². The van der Waals surface area contributed by atoms with Gasteiger partial charge in [-0.2, -0.15) is 0 Å². The van der Waals surface area contributed by atoms with Crippen molar-refractivity contribution in [1.29, 1.82) is 0 Å². The zero-order valence-corrected chi connectivity index (χ0v) is 11.9. The van der Waals surface area contributed by atoms with Crippen LogP contribution in [0.4, 0.5) is 0 Å². The topological polar surface area (TPSA) is 55.8 Å². The monoisotopic (exact) mass is 278 g/mol. The molecule has 4 heteroatoms. The smallest absolute Gasteiger partial charge is 0.344 e.